The zero-order chi connectivity index (χ0) is 64.6. The maximum absolute atomic E-state index is 12.6. The second-order valence-electron chi connectivity index (χ2n) is 23.3. The molecule has 0 aromatic heterocycles. The number of carbonyl (C=O) groups is 1. The van der Waals surface area contributed by atoms with Crippen LogP contribution >= 0.6 is 62.7 Å². The first kappa shape index (κ1) is 72.2. The van der Waals surface area contributed by atoms with Gasteiger partial charge in [0.25, 0.3) is 0 Å². The second kappa shape index (κ2) is 33.1. The molecule has 0 radical (unpaired) electrons. The van der Waals surface area contributed by atoms with E-state index in [0.29, 0.717) is 58.9 Å². The molecule has 2 N–H and O–H groups in total. The van der Waals surface area contributed by atoms with Crippen LogP contribution < -0.4 is 5.73 Å². The number of rotatable bonds is 9. The number of fused-ring (bicyclic) bond motifs is 4. The Kier molecular flexibility index (Phi) is 26.9. The molecule has 0 bridgehead atoms. The standard InChI is InChI=1S/C17H19NO2S.C16H15ClO2S.C16H13ClO2S.C16H14O3S.C4H12Si.2HI.Zn/c18-12-14-6-4-5-13-11-16(9-10-17(13)14)21(19,20)15-7-2-1-3-8-15;3*17-16-8-4-5-12-11-14(9-10-15(12)16)20(18,19)13-6-2-1-3-7-13;1-5(2,3)4;;;/h1-3,7-11,14H,4-6,12,18H2;1-3,6-7,9-11,16H,4-5,8H2;1-3,6-11H,4-5H2;1-3,6-7,9-11H,4-5,8H2;1-4H3;2*1H;/q;;;;;;;+2/p-2. The summed E-state index contributed by atoms with van der Waals surface area (Å²) in [5.41, 5.74) is 13.7. The van der Waals surface area contributed by atoms with E-state index >= 15 is 0 Å². The van der Waals surface area contributed by atoms with Crippen LogP contribution in [-0.4, -0.2) is 54.1 Å². The number of halogens is 4. The normalized spacial score (nSPS) is 15.9. The Labute approximate surface area is 567 Å². The van der Waals surface area contributed by atoms with E-state index in [0.717, 1.165) is 97.6 Å². The predicted octanol–water partition coefficient (Wildman–Crippen LogP) is 17.8. The fourth-order valence-electron chi connectivity index (χ4n) is 10.6. The molecule has 0 aliphatic heterocycles. The van der Waals surface area contributed by atoms with E-state index in [2.05, 4.69) is 65.7 Å². The predicted molar refractivity (Wildman–Crippen MR) is 376 cm³/mol. The van der Waals surface area contributed by atoms with Gasteiger partial charge in [-0.15, -0.1) is 11.6 Å². The number of sulfone groups is 4. The summed E-state index contributed by atoms with van der Waals surface area (Å²) in [6, 6.07) is 54.8. The molecular weight excluding hydrogens is 1530 g/mol. The van der Waals surface area contributed by atoms with E-state index in [1.165, 1.54) is 11.6 Å². The number of Topliss-reactive ketones (excluding diaryl/α,β-unsaturated/α-hetero) is 1. The van der Waals surface area contributed by atoms with Crippen LogP contribution in [0, 0.1) is 0 Å². The van der Waals surface area contributed by atoms with Gasteiger partial charge in [-0.25, -0.2) is 33.7 Å². The molecule has 0 heterocycles. The Balaban J connectivity index is 0.000000162. The fraction of sp³-hybridized carbons (Fsp3) is 0.261. The summed E-state index contributed by atoms with van der Waals surface area (Å²) in [5.74, 6) is 0.470. The van der Waals surface area contributed by atoms with Crippen molar-refractivity contribution in [2.45, 2.75) is 147 Å². The summed E-state index contributed by atoms with van der Waals surface area (Å²) < 4.78 is 101. The Bertz CT molecular complexity index is 4140. The van der Waals surface area contributed by atoms with Gasteiger partial charge < -0.3 is 5.73 Å². The number of hydrogen-bond acceptors (Lipinski definition) is 10. The molecule has 0 spiro atoms. The van der Waals surface area contributed by atoms with Crippen molar-refractivity contribution in [3.63, 3.8) is 0 Å². The average Bonchev–Trinajstić information content (AvgIpc) is 1.24. The van der Waals surface area contributed by atoms with E-state index in [-0.39, 0.29) is 31.0 Å². The van der Waals surface area contributed by atoms with Gasteiger partial charge in [0.2, 0.25) is 39.3 Å². The topological polar surface area (TPSA) is 180 Å². The van der Waals surface area contributed by atoms with Crippen molar-refractivity contribution in [2.24, 2.45) is 5.73 Å². The van der Waals surface area contributed by atoms with Crippen molar-refractivity contribution in [2.75, 3.05) is 6.54 Å². The van der Waals surface area contributed by atoms with Crippen LogP contribution in [-0.2, 0) is 75.1 Å². The van der Waals surface area contributed by atoms with E-state index in [4.69, 9.17) is 28.9 Å². The maximum atomic E-state index is 12.6. The molecular formula is C69H73Cl2I2NO9S4SiZn. The van der Waals surface area contributed by atoms with Crippen molar-refractivity contribution >= 4 is 121 Å². The zero-order valence-corrected chi connectivity index (χ0v) is 63.4. The SMILES string of the molecule is C[Si](C)(C)C.NCC1CCCc2cc(S(=O)(=O)c3ccccc3)ccc21.O=C1CCCc2cc(S(=O)(=O)c3ccccc3)ccc21.O=S(=O)(c1ccccc1)c1ccc2c(c1)CCC=C2Cl.O=S(=O)(c1ccccc1)c1ccc2c(c1)CCCC2Cl.[I][Zn][I]. The molecule has 2 atom stereocenters. The third-order valence-corrected chi connectivity index (χ3v) is 22.8. The molecule has 0 saturated carbocycles. The molecule has 2 unspecified atom stereocenters. The second-order valence-corrected chi connectivity index (χ2v) is 61.5. The van der Waals surface area contributed by atoms with Crippen molar-refractivity contribution < 1.29 is 48.6 Å². The van der Waals surface area contributed by atoms with Gasteiger partial charge in [0.15, 0.2) is 5.78 Å². The minimum atomic E-state index is -3.50. The third-order valence-electron chi connectivity index (χ3n) is 14.9. The van der Waals surface area contributed by atoms with E-state index in [9.17, 15) is 38.5 Å². The molecule has 10 nitrogen and oxygen atoms in total. The van der Waals surface area contributed by atoms with Gasteiger partial charge in [-0.1, -0.05) is 135 Å². The monoisotopic (exact) mass is 1600 g/mol. The minimum absolute atomic E-state index is 0.00669. The molecule has 8 aromatic carbocycles. The van der Waals surface area contributed by atoms with Crippen LogP contribution in [0.25, 0.3) is 5.03 Å². The Morgan fingerprint density at radius 1 is 0.449 bits per heavy atom. The number of ketones is 1. The molecule has 0 amide bonds. The van der Waals surface area contributed by atoms with Crippen LogP contribution in [0.5, 0.6) is 0 Å². The Hall–Kier alpha value is -4.19. The fourth-order valence-corrected chi connectivity index (χ4v) is 16.6. The number of hydrogen-bond donors (Lipinski definition) is 1. The van der Waals surface area contributed by atoms with Gasteiger partial charge >= 0.3 is 49.6 Å². The Morgan fingerprint density at radius 2 is 0.787 bits per heavy atom. The number of nitrogens with two attached hydrogens (primary N) is 1. The Morgan fingerprint density at radius 3 is 1.20 bits per heavy atom. The molecule has 4 aliphatic carbocycles. The molecule has 12 rings (SSSR count). The van der Waals surface area contributed by atoms with Crippen LogP contribution in [0.3, 0.4) is 0 Å². The van der Waals surface area contributed by atoms with Crippen LogP contribution in [0.15, 0.2) is 239 Å². The first-order chi connectivity index (χ1) is 42.3. The summed E-state index contributed by atoms with van der Waals surface area (Å²) in [5, 5.41) is 0.710. The van der Waals surface area contributed by atoms with Gasteiger partial charge in [0.05, 0.1) is 44.5 Å². The van der Waals surface area contributed by atoms with Crippen molar-refractivity contribution in [1.82, 2.24) is 0 Å². The summed E-state index contributed by atoms with van der Waals surface area (Å²) in [6.07, 6.45) is 11.7. The molecule has 4 aliphatic rings. The number of alkyl halides is 1. The van der Waals surface area contributed by atoms with E-state index in [1.807, 2.05) is 36.4 Å². The quantitative estimate of drug-likeness (QED) is 0.0830. The number of allylic oxidation sites excluding steroid dienone is 1. The third kappa shape index (κ3) is 19.5. The van der Waals surface area contributed by atoms with Crippen LogP contribution in [0.1, 0.15) is 106 Å². The number of carbonyl (C=O) groups excluding carboxylic acids is 1. The summed E-state index contributed by atoms with van der Waals surface area (Å²) in [7, 11) is -14.4. The van der Waals surface area contributed by atoms with Gasteiger partial charge in [-0.2, -0.15) is 0 Å². The molecule has 466 valence electrons. The summed E-state index contributed by atoms with van der Waals surface area (Å²) >= 11 is 17.3. The average molecular weight is 1610 g/mol. The van der Waals surface area contributed by atoms with Gasteiger partial charge in [0.1, 0.15) is 0 Å². The molecule has 20 heteroatoms. The molecule has 0 fully saturated rings. The number of aryl methyl sites for hydroxylation is 4. The summed E-state index contributed by atoms with van der Waals surface area (Å²) in [6.45, 7) is 9.93. The molecule has 89 heavy (non-hydrogen) atoms. The first-order valence-electron chi connectivity index (χ1n) is 29.4. The van der Waals surface area contributed by atoms with Crippen molar-refractivity contribution in [3.05, 3.63) is 245 Å². The van der Waals surface area contributed by atoms with Crippen LogP contribution in [0.2, 0.25) is 26.2 Å². The van der Waals surface area contributed by atoms with Gasteiger partial charge in [0, 0.05) is 25.1 Å². The molecule has 0 saturated heterocycles. The van der Waals surface area contributed by atoms with Gasteiger partial charge in [-0.3, -0.25) is 4.79 Å². The van der Waals surface area contributed by atoms with Crippen molar-refractivity contribution in [3.8, 4) is 0 Å². The first-order valence-corrected chi connectivity index (χ1v) is 58.2. The van der Waals surface area contributed by atoms with Crippen molar-refractivity contribution in [1.29, 1.82) is 0 Å². The van der Waals surface area contributed by atoms with Gasteiger partial charge in [-0.05, 0) is 219 Å². The van der Waals surface area contributed by atoms with E-state index < -0.39 is 47.4 Å². The van der Waals surface area contributed by atoms with E-state index in [1.54, 1.807) is 158 Å². The number of benzene rings is 8. The summed E-state index contributed by atoms with van der Waals surface area (Å²) in [4.78, 5) is 14.4. The molecule has 8 aromatic rings. The zero-order valence-electron chi connectivity index (χ0n) is 50.3. The van der Waals surface area contributed by atoms with Crippen LogP contribution in [0.4, 0.5) is 0 Å².